The molecule has 25 heavy (non-hydrogen) atoms. The SMILES string of the molecule is Cc1ccc2nc(CN3CCCc4cc(F)cc(F)c43)cc(=O)n2c1. The van der Waals surface area contributed by atoms with Gasteiger partial charge in [0.1, 0.15) is 17.3 Å². The first kappa shape index (κ1) is 15.7. The maximum atomic E-state index is 14.3. The molecule has 128 valence electrons. The highest BCUT2D eigenvalue weighted by Gasteiger charge is 2.22. The van der Waals surface area contributed by atoms with E-state index in [1.165, 1.54) is 16.5 Å². The molecule has 0 bridgehead atoms. The quantitative estimate of drug-likeness (QED) is 0.718. The summed E-state index contributed by atoms with van der Waals surface area (Å²) in [5.74, 6) is -1.13. The number of nitrogens with zero attached hydrogens (tertiary/aromatic N) is 3. The summed E-state index contributed by atoms with van der Waals surface area (Å²) in [7, 11) is 0. The topological polar surface area (TPSA) is 37.6 Å². The largest absolute Gasteiger partial charge is 0.363 e. The minimum absolute atomic E-state index is 0.166. The van der Waals surface area contributed by atoms with Crippen molar-refractivity contribution in [2.45, 2.75) is 26.3 Å². The molecule has 0 spiro atoms. The van der Waals surface area contributed by atoms with E-state index in [4.69, 9.17) is 0 Å². The minimum atomic E-state index is -0.567. The summed E-state index contributed by atoms with van der Waals surface area (Å²) in [6, 6.07) is 7.45. The van der Waals surface area contributed by atoms with E-state index >= 15 is 0 Å². The molecule has 0 fully saturated rings. The number of hydrogen-bond acceptors (Lipinski definition) is 3. The zero-order valence-corrected chi connectivity index (χ0v) is 13.8. The highest BCUT2D eigenvalue weighted by Crippen LogP contribution is 2.31. The van der Waals surface area contributed by atoms with Crippen molar-refractivity contribution in [3.05, 3.63) is 75.3 Å². The van der Waals surface area contributed by atoms with Crippen LogP contribution in [-0.4, -0.2) is 15.9 Å². The zero-order valence-electron chi connectivity index (χ0n) is 13.8. The molecule has 0 radical (unpaired) electrons. The molecule has 1 aliphatic rings. The highest BCUT2D eigenvalue weighted by molar-refractivity contribution is 5.57. The number of aromatic nitrogens is 2. The lowest BCUT2D eigenvalue weighted by Gasteiger charge is -2.31. The van der Waals surface area contributed by atoms with Gasteiger partial charge >= 0.3 is 0 Å². The van der Waals surface area contributed by atoms with Gasteiger partial charge in [-0.2, -0.15) is 0 Å². The summed E-state index contributed by atoms with van der Waals surface area (Å²) in [6.07, 6.45) is 3.20. The van der Waals surface area contributed by atoms with Crippen LogP contribution in [0.25, 0.3) is 5.65 Å². The van der Waals surface area contributed by atoms with Crippen LogP contribution in [-0.2, 0) is 13.0 Å². The number of fused-ring (bicyclic) bond motifs is 2. The van der Waals surface area contributed by atoms with Crippen LogP contribution >= 0.6 is 0 Å². The first-order valence-corrected chi connectivity index (χ1v) is 8.23. The molecule has 0 unspecified atom stereocenters. The average molecular weight is 341 g/mol. The van der Waals surface area contributed by atoms with E-state index in [-0.39, 0.29) is 5.56 Å². The average Bonchev–Trinajstić information content (AvgIpc) is 2.55. The highest BCUT2D eigenvalue weighted by atomic mass is 19.1. The molecule has 0 N–H and O–H groups in total. The fourth-order valence-corrected chi connectivity index (χ4v) is 3.43. The number of anilines is 1. The molecule has 2 aromatic heterocycles. The van der Waals surface area contributed by atoms with Gasteiger partial charge in [0.15, 0.2) is 0 Å². The van der Waals surface area contributed by atoms with Gasteiger partial charge in [-0.05, 0) is 43.0 Å². The normalized spacial score (nSPS) is 14.0. The fraction of sp³-hybridized carbons (Fsp3) is 0.263. The van der Waals surface area contributed by atoms with Crippen molar-refractivity contribution in [1.82, 2.24) is 9.38 Å². The molecule has 1 aromatic carbocycles. The number of halogens is 2. The van der Waals surface area contributed by atoms with Gasteiger partial charge in [-0.25, -0.2) is 13.8 Å². The van der Waals surface area contributed by atoms with E-state index in [1.54, 1.807) is 12.3 Å². The van der Waals surface area contributed by atoms with Crippen molar-refractivity contribution in [2.75, 3.05) is 11.4 Å². The van der Waals surface area contributed by atoms with Gasteiger partial charge in [0.05, 0.1) is 17.9 Å². The lowest BCUT2D eigenvalue weighted by atomic mass is 10.0. The van der Waals surface area contributed by atoms with Crippen LogP contribution in [0.3, 0.4) is 0 Å². The zero-order chi connectivity index (χ0) is 17.6. The molecular formula is C19H17F2N3O. The van der Waals surface area contributed by atoms with Crippen molar-refractivity contribution in [1.29, 1.82) is 0 Å². The third kappa shape index (κ3) is 2.88. The summed E-state index contributed by atoms with van der Waals surface area (Å²) in [5, 5.41) is 0. The molecule has 1 aliphatic heterocycles. The van der Waals surface area contributed by atoms with E-state index in [0.29, 0.717) is 42.1 Å². The van der Waals surface area contributed by atoms with E-state index in [2.05, 4.69) is 4.98 Å². The lowest BCUT2D eigenvalue weighted by Crippen LogP contribution is -2.31. The van der Waals surface area contributed by atoms with E-state index in [0.717, 1.165) is 18.1 Å². The summed E-state index contributed by atoms with van der Waals surface area (Å²) in [4.78, 5) is 18.7. The van der Waals surface area contributed by atoms with E-state index < -0.39 is 11.6 Å². The monoisotopic (exact) mass is 341 g/mol. The molecule has 0 saturated carbocycles. The van der Waals surface area contributed by atoms with E-state index in [9.17, 15) is 13.6 Å². The van der Waals surface area contributed by atoms with Crippen LogP contribution in [0.15, 0.2) is 41.3 Å². The Hall–Kier alpha value is -2.76. The Morgan fingerprint density at radius 2 is 2.04 bits per heavy atom. The summed E-state index contributed by atoms with van der Waals surface area (Å²) in [6.45, 7) is 2.87. The smallest absolute Gasteiger partial charge is 0.258 e. The predicted molar refractivity (Wildman–Crippen MR) is 91.9 cm³/mol. The Morgan fingerprint density at radius 1 is 1.20 bits per heavy atom. The fourth-order valence-electron chi connectivity index (χ4n) is 3.43. The Labute approximate surface area is 143 Å². The molecule has 0 saturated heterocycles. The second-order valence-electron chi connectivity index (χ2n) is 6.44. The van der Waals surface area contributed by atoms with E-state index in [1.807, 2.05) is 17.9 Å². The van der Waals surface area contributed by atoms with Crippen LogP contribution in [0.5, 0.6) is 0 Å². The third-order valence-corrected chi connectivity index (χ3v) is 4.51. The van der Waals surface area contributed by atoms with Gasteiger partial charge in [0.2, 0.25) is 0 Å². The molecule has 4 rings (SSSR count). The second-order valence-corrected chi connectivity index (χ2v) is 6.44. The summed E-state index contributed by atoms with van der Waals surface area (Å²) >= 11 is 0. The predicted octanol–water partition coefficient (Wildman–Crippen LogP) is 3.23. The van der Waals surface area contributed by atoms with Crippen LogP contribution < -0.4 is 10.5 Å². The number of benzene rings is 1. The van der Waals surface area contributed by atoms with Crippen molar-refractivity contribution in [3.63, 3.8) is 0 Å². The van der Waals surface area contributed by atoms with Gasteiger partial charge in [-0.15, -0.1) is 0 Å². The Bertz CT molecular complexity index is 1030. The van der Waals surface area contributed by atoms with Gasteiger partial charge in [-0.1, -0.05) is 6.07 Å². The van der Waals surface area contributed by atoms with Crippen LogP contribution in [0, 0.1) is 18.6 Å². The second kappa shape index (κ2) is 5.95. The minimum Gasteiger partial charge on any atom is -0.363 e. The van der Waals surface area contributed by atoms with Crippen LogP contribution in [0.2, 0.25) is 0 Å². The lowest BCUT2D eigenvalue weighted by molar-refractivity contribution is 0.561. The maximum Gasteiger partial charge on any atom is 0.258 e. The first-order chi connectivity index (χ1) is 12.0. The Balaban J connectivity index is 1.74. The van der Waals surface area contributed by atoms with Crippen molar-refractivity contribution >= 4 is 11.3 Å². The van der Waals surface area contributed by atoms with Crippen molar-refractivity contribution < 1.29 is 8.78 Å². The maximum absolute atomic E-state index is 14.3. The van der Waals surface area contributed by atoms with Gasteiger partial charge in [0.25, 0.3) is 5.56 Å². The van der Waals surface area contributed by atoms with Gasteiger partial charge in [0, 0.05) is 24.9 Å². The molecule has 3 heterocycles. The molecule has 0 aliphatic carbocycles. The number of pyridine rings is 1. The Morgan fingerprint density at radius 3 is 2.88 bits per heavy atom. The molecule has 4 nitrogen and oxygen atoms in total. The van der Waals surface area contributed by atoms with Crippen LogP contribution in [0.4, 0.5) is 14.5 Å². The summed E-state index contributed by atoms with van der Waals surface area (Å²) < 4.78 is 29.2. The van der Waals surface area contributed by atoms with Gasteiger partial charge in [-0.3, -0.25) is 9.20 Å². The first-order valence-electron chi connectivity index (χ1n) is 8.23. The van der Waals surface area contributed by atoms with Gasteiger partial charge < -0.3 is 4.90 Å². The number of aryl methyl sites for hydroxylation is 2. The Kier molecular flexibility index (Phi) is 3.75. The van der Waals surface area contributed by atoms with Crippen LogP contribution in [0.1, 0.15) is 23.2 Å². The molecule has 0 amide bonds. The van der Waals surface area contributed by atoms with Crippen molar-refractivity contribution in [2.24, 2.45) is 0 Å². The van der Waals surface area contributed by atoms with Crippen molar-refractivity contribution in [3.8, 4) is 0 Å². The number of hydrogen-bond donors (Lipinski definition) is 0. The third-order valence-electron chi connectivity index (χ3n) is 4.51. The molecule has 3 aromatic rings. The standard InChI is InChI=1S/C19H17F2N3O/c1-12-4-5-17-22-15(9-18(25)24(17)10-12)11-23-6-2-3-13-7-14(20)8-16(21)19(13)23/h4-5,7-10H,2-3,6,11H2,1H3. The molecule has 6 heteroatoms. The summed E-state index contributed by atoms with van der Waals surface area (Å²) in [5.41, 5.74) is 3.02. The number of rotatable bonds is 2. The molecular weight excluding hydrogens is 324 g/mol. The molecule has 0 atom stereocenters.